The Hall–Kier alpha value is -2.11. The van der Waals surface area contributed by atoms with Crippen molar-refractivity contribution < 1.29 is 9.21 Å². The second-order valence-electron chi connectivity index (χ2n) is 6.17. The van der Waals surface area contributed by atoms with Crippen LogP contribution < -0.4 is 11.1 Å². The van der Waals surface area contributed by atoms with Crippen LogP contribution in [0.5, 0.6) is 0 Å². The Morgan fingerprint density at radius 2 is 2.09 bits per heavy atom. The van der Waals surface area contributed by atoms with Gasteiger partial charge in [0.2, 0.25) is 5.91 Å². The van der Waals surface area contributed by atoms with Crippen molar-refractivity contribution in [3.63, 3.8) is 0 Å². The van der Waals surface area contributed by atoms with E-state index in [1.165, 1.54) is 11.1 Å². The highest BCUT2D eigenvalue weighted by Gasteiger charge is 2.17. The predicted molar refractivity (Wildman–Crippen MR) is 90.4 cm³/mol. The average Bonchev–Trinajstić information content (AvgIpc) is 2.97. The third-order valence-corrected chi connectivity index (χ3v) is 4.34. The number of carbonyl (C=O) groups excluding carboxylic acids is 1. The van der Waals surface area contributed by atoms with Gasteiger partial charge >= 0.3 is 0 Å². The topological polar surface area (TPSA) is 71.5 Å². The van der Waals surface area contributed by atoms with Crippen LogP contribution in [0.3, 0.4) is 0 Å². The minimum Gasteiger partial charge on any atom is -0.469 e. The van der Waals surface area contributed by atoms with Gasteiger partial charge in [-0.2, -0.15) is 0 Å². The molecule has 3 N–H and O–H groups in total. The number of nitrogens with one attached hydrogen (secondary N) is 1. The molecule has 2 heterocycles. The fraction of sp³-hybridized carbons (Fsp3) is 0.389. The van der Waals surface area contributed by atoms with Crippen LogP contribution in [0.4, 0.5) is 5.69 Å². The van der Waals surface area contributed by atoms with Gasteiger partial charge in [-0.1, -0.05) is 6.07 Å². The SMILES string of the molecule is CN1CCc2ccc(NC(=O)[C@H](N)Cc3ccco3)cc2CC1. The Bertz CT molecular complexity index is 667. The van der Waals surface area contributed by atoms with Crippen molar-refractivity contribution >= 4 is 11.6 Å². The molecular weight excluding hydrogens is 290 g/mol. The number of carbonyl (C=O) groups is 1. The van der Waals surface area contributed by atoms with Crippen LogP contribution in [-0.4, -0.2) is 37.0 Å². The minimum atomic E-state index is -0.619. The van der Waals surface area contributed by atoms with Gasteiger partial charge in [0.05, 0.1) is 12.3 Å². The van der Waals surface area contributed by atoms with Crippen LogP contribution in [0.15, 0.2) is 41.0 Å². The van der Waals surface area contributed by atoms with Gasteiger partial charge < -0.3 is 20.4 Å². The lowest BCUT2D eigenvalue weighted by Crippen LogP contribution is -2.37. The zero-order valence-corrected chi connectivity index (χ0v) is 13.4. The first-order valence-electron chi connectivity index (χ1n) is 8.01. The molecule has 2 aromatic rings. The normalized spacial score (nSPS) is 16.4. The largest absolute Gasteiger partial charge is 0.469 e. The van der Waals surface area contributed by atoms with E-state index in [-0.39, 0.29) is 5.91 Å². The lowest BCUT2D eigenvalue weighted by molar-refractivity contribution is -0.117. The molecule has 5 nitrogen and oxygen atoms in total. The van der Waals surface area contributed by atoms with Crippen molar-refractivity contribution in [2.75, 3.05) is 25.5 Å². The molecule has 0 spiro atoms. The van der Waals surface area contributed by atoms with E-state index in [9.17, 15) is 4.79 Å². The summed E-state index contributed by atoms with van der Waals surface area (Å²) in [6, 6.07) is 9.15. The van der Waals surface area contributed by atoms with Gasteiger partial charge in [0.1, 0.15) is 5.76 Å². The van der Waals surface area contributed by atoms with E-state index in [1.54, 1.807) is 12.3 Å². The van der Waals surface area contributed by atoms with E-state index in [1.807, 2.05) is 12.1 Å². The lowest BCUT2D eigenvalue weighted by Gasteiger charge is -2.13. The summed E-state index contributed by atoms with van der Waals surface area (Å²) in [6.45, 7) is 2.12. The minimum absolute atomic E-state index is 0.188. The van der Waals surface area contributed by atoms with E-state index in [4.69, 9.17) is 10.2 Å². The van der Waals surface area contributed by atoms with Crippen molar-refractivity contribution in [3.8, 4) is 0 Å². The van der Waals surface area contributed by atoms with Gasteiger partial charge in [-0.25, -0.2) is 0 Å². The maximum absolute atomic E-state index is 12.2. The molecule has 0 unspecified atom stereocenters. The van der Waals surface area contributed by atoms with Crippen LogP contribution >= 0.6 is 0 Å². The molecular formula is C18H23N3O2. The summed E-state index contributed by atoms with van der Waals surface area (Å²) >= 11 is 0. The first-order valence-corrected chi connectivity index (χ1v) is 8.01. The first kappa shape index (κ1) is 15.8. The van der Waals surface area contributed by atoms with Crippen molar-refractivity contribution in [2.24, 2.45) is 5.73 Å². The molecule has 1 atom stereocenters. The van der Waals surface area contributed by atoms with Crippen LogP contribution in [0.25, 0.3) is 0 Å². The number of hydrogen-bond donors (Lipinski definition) is 2. The Morgan fingerprint density at radius 1 is 1.30 bits per heavy atom. The smallest absolute Gasteiger partial charge is 0.241 e. The number of benzene rings is 1. The maximum atomic E-state index is 12.2. The van der Waals surface area contributed by atoms with Gasteiger partial charge in [-0.3, -0.25) is 4.79 Å². The zero-order valence-electron chi connectivity index (χ0n) is 13.4. The lowest BCUT2D eigenvalue weighted by atomic mass is 10.0. The second kappa shape index (κ2) is 6.98. The average molecular weight is 313 g/mol. The standard InChI is InChI=1S/C18H23N3O2/c1-21-8-6-13-4-5-15(11-14(13)7-9-21)20-18(22)17(19)12-16-3-2-10-23-16/h2-5,10-11,17H,6-9,12,19H2,1H3,(H,20,22)/t17-/m1/s1. The molecule has 0 radical (unpaired) electrons. The molecule has 1 aromatic carbocycles. The van der Waals surface area contributed by atoms with E-state index >= 15 is 0 Å². The second-order valence-corrected chi connectivity index (χ2v) is 6.17. The maximum Gasteiger partial charge on any atom is 0.241 e. The monoisotopic (exact) mass is 313 g/mol. The Balaban J connectivity index is 1.64. The van der Waals surface area contributed by atoms with E-state index < -0.39 is 6.04 Å². The van der Waals surface area contributed by atoms with Crippen LogP contribution in [0.1, 0.15) is 16.9 Å². The van der Waals surface area contributed by atoms with Crippen molar-refractivity contribution in [3.05, 3.63) is 53.5 Å². The first-order chi connectivity index (χ1) is 11.1. The fourth-order valence-electron chi connectivity index (χ4n) is 2.89. The predicted octanol–water partition coefficient (Wildman–Crippen LogP) is 1.82. The van der Waals surface area contributed by atoms with Crippen LogP contribution in [-0.2, 0) is 24.1 Å². The molecule has 0 saturated carbocycles. The summed E-state index contributed by atoms with van der Waals surface area (Å²) in [6.07, 6.45) is 4.05. The van der Waals surface area contributed by atoms with Crippen molar-refractivity contribution in [1.82, 2.24) is 4.90 Å². The molecule has 0 saturated heterocycles. The number of rotatable bonds is 4. The Kier molecular flexibility index (Phi) is 4.79. The summed E-state index contributed by atoms with van der Waals surface area (Å²) in [5.41, 5.74) is 9.45. The van der Waals surface area contributed by atoms with Gasteiger partial charge in [0.15, 0.2) is 0 Å². The molecule has 1 aliphatic rings. The molecule has 3 rings (SSSR count). The number of nitrogens with zero attached hydrogens (tertiary/aromatic N) is 1. The number of hydrogen-bond acceptors (Lipinski definition) is 4. The number of likely N-dealkylation sites (N-methyl/N-ethyl adjacent to an activating group) is 1. The highest BCUT2D eigenvalue weighted by molar-refractivity contribution is 5.94. The van der Waals surface area contributed by atoms with Crippen LogP contribution in [0, 0.1) is 0 Å². The molecule has 0 bridgehead atoms. The molecule has 1 aromatic heterocycles. The highest BCUT2D eigenvalue weighted by Crippen LogP contribution is 2.20. The van der Waals surface area contributed by atoms with Gasteiger partial charge in [0.25, 0.3) is 0 Å². The van der Waals surface area contributed by atoms with E-state index in [2.05, 4.69) is 29.4 Å². The molecule has 5 heteroatoms. The molecule has 1 aliphatic heterocycles. The molecule has 23 heavy (non-hydrogen) atoms. The van der Waals surface area contributed by atoms with Gasteiger partial charge in [-0.15, -0.1) is 0 Å². The number of fused-ring (bicyclic) bond motifs is 1. The van der Waals surface area contributed by atoms with Gasteiger partial charge in [0, 0.05) is 25.2 Å². The van der Waals surface area contributed by atoms with Gasteiger partial charge in [-0.05, 0) is 55.3 Å². The Morgan fingerprint density at radius 3 is 2.83 bits per heavy atom. The Labute approximate surface area is 136 Å². The molecule has 1 amide bonds. The summed E-state index contributed by atoms with van der Waals surface area (Å²) in [7, 11) is 2.14. The number of furan rings is 1. The van der Waals surface area contributed by atoms with Crippen LogP contribution in [0.2, 0.25) is 0 Å². The summed E-state index contributed by atoms with van der Waals surface area (Å²) in [5, 5.41) is 2.92. The molecule has 122 valence electrons. The highest BCUT2D eigenvalue weighted by atomic mass is 16.3. The molecule has 0 fully saturated rings. The molecule has 0 aliphatic carbocycles. The third kappa shape index (κ3) is 4.00. The quantitative estimate of drug-likeness (QED) is 0.903. The fourth-order valence-corrected chi connectivity index (χ4v) is 2.89. The summed E-state index contributed by atoms with van der Waals surface area (Å²) in [5.74, 6) is 0.532. The van der Waals surface area contributed by atoms with Crippen molar-refractivity contribution in [1.29, 1.82) is 0 Å². The number of nitrogens with two attached hydrogens (primary N) is 1. The third-order valence-electron chi connectivity index (χ3n) is 4.34. The number of amides is 1. The number of anilines is 1. The zero-order chi connectivity index (χ0) is 16.2. The van der Waals surface area contributed by atoms with E-state index in [0.29, 0.717) is 6.42 Å². The van der Waals surface area contributed by atoms with Crippen molar-refractivity contribution in [2.45, 2.75) is 25.3 Å². The summed E-state index contributed by atoms with van der Waals surface area (Å²) < 4.78 is 5.24. The summed E-state index contributed by atoms with van der Waals surface area (Å²) in [4.78, 5) is 14.6. The van der Waals surface area contributed by atoms with E-state index in [0.717, 1.165) is 37.4 Å².